The zero-order chi connectivity index (χ0) is 41.2. The van der Waals surface area contributed by atoms with Crippen molar-refractivity contribution in [3.63, 3.8) is 0 Å². The van der Waals surface area contributed by atoms with E-state index in [9.17, 15) is 9.59 Å². The van der Waals surface area contributed by atoms with E-state index in [0.717, 1.165) is 59.8 Å². The summed E-state index contributed by atoms with van der Waals surface area (Å²) in [5.41, 5.74) is 12.6. The number of hydrogen-bond acceptors (Lipinski definition) is 14. The van der Waals surface area contributed by atoms with Crippen LogP contribution in [0.4, 0.5) is 23.0 Å². The fourth-order valence-electron chi connectivity index (χ4n) is 7.94. The monoisotopic (exact) mass is 806 g/mol. The van der Waals surface area contributed by atoms with Gasteiger partial charge in [0.1, 0.15) is 5.75 Å². The highest BCUT2D eigenvalue weighted by Crippen LogP contribution is 2.33. The van der Waals surface area contributed by atoms with Crippen molar-refractivity contribution in [1.82, 2.24) is 40.0 Å². The number of pyridine rings is 1. The fraction of sp³-hybridized carbons (Fsp3) is 0.295. The van der Waals surface area contributed by atoms with Gasteiger partial charge in [-0.05, 0) is 61.6 Å². The van der Waals surface area contributed by atoms with Crippen LogP contribution in [0.5, 0.6) is 5.75 Å². The molecule has 2 aromatic carbocycles. The van der Waals surface area contributed by atoms with Crippen molar-refractivity contribution in [2.45, 2.75) is 25.9 Å². The maximum atomic E-state index is 14.4. The Morgan fingerprint density at radius 2 is 1.70 bits per heavy atom. The normalized spacial score (nSPS) is 19.3. The molecule has 16 nitrogen and oxygen atoms in total. The summed E-state index contributed by atoms with van der Waals surface area (Å²) in [5, 5.41) is 9.57. The fourth-order valence-corrected chi connectivity index (χ4v) is 7.94. The third-order valence-electron chi connectivity index (χ3n) is 11.2. The topological polar surface area (TPSA) is 189 Å². The Bertz CT molecular complexity index is 2510. The Labute approximate surface area is 347 Å². The van der Waals surface area contributed by atoms with Gasteiger partial charge in [0.2, 0.25) is 0 Å². The third kappa shape index (κ3) is 8.14. The molecule has 0 spiro atoms. The standard InChI is InChI=1S/C44H46N12O4/c1-27-29-5-3-6-30(19-29)33-22-47-41(45)39(50-33)43(57)53-36-25-54(2)14-11-38(36)56(16-18-59-27)26-49-42-40-44(58)52-35-21-46-13-9-37(35)55-15-10-28(24-55)12-17-60-32-8-4-7-31(20-32)34(51-40)23-48-42/h3-9,11,13,19-23,25,27-28H,10,12,14-18,24,26H2,1-2H3,(H2,45,47)(H,48,49)(H,52,58)(H,53,57). The Morgan fingerprint density at radius 1 is 0.900 bits per heavy atom. The van der Waals surface area contributed by atoms with Crippen LogP contribution in [0.15, 0.2) is 103 Å². The number of hydrogen-bond donors (Lipinski definition) is 4. The maximum absolute atomic E-state index is 14.4. The highest BCUT2D eigenvalue weighted by molar-refractivity contribution is 6.07. The van der Waals surface area contributed by atoms with Gasteiger partial charge in [-0.25, -0.2) is 19.9 Å². The lowest BCUT2D eigenvalue weighted by Crippen LogP contribution is -2.40. The van der Waals surface area contributed by atoms with Crippen molar-refractivity contribution in [2.24, 2.45) is 5.92 Å². The number of rotatable bonds is 3. The van der Waals surface area contributed by atoms with Gasteiger partial charge in [-0.15, -0.1) is 0 Å². The molecular formula is C44H46N12O4. The number of benzene rings is 2. The molecule has 4 aliphatic heterocycles. The summed E-state index contributed by atoms with van der Waals surface area (Å²) in [6, 6.07) is 17.4. The average molecular weight is 807 g/mol. The number of fused-ring (bicyclic) bond motifs is 15. The first-order chi connectivity index (χ1) is 29.3. The van der Waals surface area contributed by atoms with Crippen LogP contribution in [-0.4, -0.2) is 99.6 Å². The number of aromatic nitrogens is 5. The lowest BCUT2D eigenvalue weighted by atomic mass is 10.0. The van der Waals surface area contributed by atoms with E-state index in [2.05, 4.69) is 35.8 Å². The number of likely N-dealkylation sites (N-methyl/N-ethyl adjacent to an activating group) is 1. The van der Waals surface area contributed by atoms with Gasteiger partial charge < -0.3 is 45.9 Å². The number of carbonyl (C=O) groups is 2. The summed E-state index contributed by atoms with van der Waals surface area (Å²) in [5.74, 6) is 0.518. The van der Waals surface area contributed by atoms with E-state index in [4.69, 9.17) is 25.2 Å². The summed E-state index contributed by atoms with van der Waals surface area (Å²) < 4.78 is 12.6. The number of nitrogens with one attached hydrogen (secondary N) is 3. The number of nitrogen functional groups attached to an aromatic ring is 1. The van der Waals surface area contributed by atoms with E-state index in [1.165, 1.54) is 0 Å². The smallest absolute Gasteiger partial charge is 0.278 e. The molecule has 7 heterocycles. The second-order valence-electron chi connectivity index (χ2n) is 15.3. The molecule has 306 valence electrons. The van der Waals surface area contributed by atoms with E-state index in [0.29, 0.717) is 55.0 Å². The van der Waals surface area contributed by atoms with Crippen LogP contribution < -0.4 is 31.3 Å². The molecule has 0 radical (unpaired) electrons. The molecule has 5 aromatic rings. The van der Waals surface area contributed by atoms with Gasteiger partial charge in [0.15, 0.2) is 23.0 Å². The molecule has 4 aliphatic rings. The molecule has 1 fully saturated rings. The van der Waals surface area contributed by atoms with Crippen LogP contribution in [-0.2, 0) is 4.74 Å². The summed E-state index contributed by atoms with van der Waals surface area (Å²) in [6.45, 7) is 5.77. The predicted molar refractivity (Wildman–Crippen MR) is 228 cm³/mol. The summed E-state index contributed by atoms with van der Waals surface area (Å²) >= 11 is 0. The van der Waals surface area contributed by atoms with Crippen LogP contribution in [0, 0.1) is 5.92 Å². The quantitative estimate of drug-likeness (QED) is 0.184. The molecule has 9 rings (SSSR count). The minimum atomic E-state index is -0.502. The van der Waals surface area contributed by atoms with E-state index in [1.54, 1.807) is 24.8 Å². The second kappa shape index (κ2) is 16.7. The zero-order valence-corrected chi connectivity index (χ0v) is 33.5. The van der Waals surface area contributed by atoms with Crippen molar-refractivity contribution < 1.29 is 19.1 Å². The molecule has 2 amide bonds. The van der Waals surface area contributed by atoms with Crippen molar-refractivity contribution in [3.05, 3.63) is 120 Å². The molecule has 1 saturated heterocycles. The van der Waals surface area contributed by atoms with Crippen molar-refractivity contribution in [3.8, 4) is 28.3 Å². The number of nitrogens with two attached hydrogens (primary N) is 1. The molecule has 5 N–H and O–H groups in total. The minimum absolute atomic E-state index is 0.0110. The predicted octanol–water partition coefficient (Wildman–Crippen LogP) is 5.30. The first-order valence-corrected chi connectivity index (χ1v) is 20.1. The van der Waals surface area contributed by atoms with Crippen LogP contribution in [0.3, 0.4) is 0 Å². The van der Waals surface area contributed by atoms with Gasteiger partial charge in [0.05, 0.1) is 78.7 Å². The lowest BCUT2D eigenvalue weighted by molar-refractivity contribution is 0.0541. The second-order valence-corrected chi connectivity index (χ2v) is 15.3. The number of anilines is 4. The average Bonchev–Trinajstić information content (AvgIpc) is 3.73. The van der Waals surface area contributed by atoms with Crippen LogP contribution in [0.1, 0.15) is 52.4 Å². The maximum Gasteiger partial charge on any atom is 0.278 e. The van der Waals surface area contributed by atoms with Crippen molar-refractivity contribution in [1.29, 1.82) is 0 Å². The molecule has 2 unspecified atom stereocenters. The molecule has 2 atom stereocenters. The summed E-state index contributed by atoms with van der Waals surface area (Å²) in [4.78, 5) is 57.7. The van der Waals surface area contributed by atoms with E-state index in [1.807, 2.05) is 90.6 Å². The Kier molecular flexibility index (Phi) is 10.7. The minimum Gasteiger partial charge on any atom is -0.494 e. The third-order valence-corrected chi connectivity index (χ3v) is 11.2. The summed E-state index contributed by atoms with van der Waals surface area (Å²) in [7, 11) is 1.92. The molecule has 0 saturated carbocycles. The van der Waals surface area contributed by atoms with Crippen LogP contribution >= 0.6 is 0 Å². The molecule has 16 heteroatoms. The first-order valence-electron chi connectivity index (χ1n) is 20.1. The largest absolute Gasteiger partial charge is 0.494 e. The van der Waals surface area contributed by atoms with Crippen LogP contribution in [0.2, 0.25) is 0 Å². The van der Waals surface area contributed by atoms with E-state index in [-0.39, 0.29) is 35.8 Å². The molecule has 10 bridgehead atoms. The van der Waals surface area contributed by atoms with Gasteiger partial charge in [-0.2, -0.15) is 0 Å². The van der Waals surface area contributed by atoms with Gasteiger partial charge in [-0.1, -0.05) is 30.3 Å². The zero-order valence-electron chi connectivity index (χ0n) is 33.5. The van der Waals surface area contributed by atoms with Gasteiger partial charge in [-0.3, -0.25) is 14.6 Å². The Hall–Kier alpha value is -7.07. The highest BCUT2D eigenvalue weighted by atomic mass is 16.5. The van der Waals surface area contributed by atoms with Gasteiger partial charge in [0.25, 0.3) is 11.8 Å². The van der Waals surface area contributed by atoms with Gasteiger partial charge in [0, 0.05) is 56.8 Å². The SMILES string of the molecule is CC1OCCN(CNc2ncc3nc2C(=O)Nc2cnccc2N2CCC(CCOc4cccc-3c4)C2)C2=CCN(C)C=C2NC(=O)c2nc(cnc2N)-c2cccc1c2. The van der Waals surface area contributed by atoms with Crippen molar-refractivity contribution >= 4 is 34.8 Å². The Morgan fingerprint density at radius 3 is 2.58 bits per heavy atom. The van der Waals surface area contributed by atoms with Crippen LogP contribution in [0.25, 0.3) is 22.5 Å². The Balaban J connectivity index is 1.06. The van der Waals surface area contributed by atoms with Crippen molar-refractivity contribution in [2.75, 3.05) is 74.4 Å². The molecular weight excluding hydrogens is 761 g/mol. The molecule has 3 aromatic heterocycles. The first kappa shape index (κ1) is 38.4. The molecule has 60 heavy (non-hydrogen) atoms. The summed E-state index contributed by atoms with van der Waals surface area (Å²) in [6.07, 6.45) is 12.2. The number of nitrogens with zero attached hydrogens (tertiary/aromatic N) is 8. The lowest BCUT2D eigenvalue weighted by Gasteiger charge is -2.33. The van der Waals surface area contributed by atoms with Gasteiger partial charge >= 0.3 is 0 Å². The number of ether oxygens (including phenoxy) is 2. The number of amides is 2. The molecule has 0 aliphatic carbocycles. The van der Waals surface area contributed by atoms with E-state index >= 15 is 0 Å². The van der Waals surface area contributed by atoms with E-state index < -0.39 is 11.8 Å². The highest BCUT2D eigenvalue weighted by Gasteiger charge is 2.28. The number of carbonyl (C=O) groups excluding carboxylic acids is 2.